The molecule has 0 unspecified atom stereocenters. The average molecular weight is 464 g/mol. The third-order valence-electron chi connectivity index (χ3n) is 3.75. The van der Waals surface area contributed by atoms with Crippen molar-refractivity contribution in [1.82, 2.24) is 15.5 Å². The Labute approximate surface area is 164 Å². The van der Waals surface area contributed by atoms with Crippen LogP contribution in [0.25, 0.3) is 0 Å². The summed E-state index contributed by atoms with van der Waals surface area (Å²) in [7, 11) is 0. The molecule has 2 rings (SSSR count). The molecule has 1 heterocycles. The van der Waals surface area contributed by atoms with Crippen molar-refractivity contribution in [1.29, 1.82) is 0 Å². The third-order valence-corrected chi connectivity index (χ3v) is 3.75. The lowest BCUT2D eigenvalue weighted by Crippen LogP contribution is -2.41. The summed E-state index contributed by atoms with van der Waals surface area (Å²) in [4.78, 5) is 18.3. The SMILES string of the molecule is CCNC(=NCCNC(=O)Cc1cccc(F)c1)N1CC[C@@H](O)C1.I. The predicted octanol–water partition coefficient (Wildman–Crippen LogP) is 1.13. The van der Waals surface area contributed by atoms with E-state index in [0.29, 0.717) is 25.2 Å². The maximum Gasteiger partial charge on any atom is 0.224 e. The van der Waals surface area contributed by atoms with Gasteiger partial charge in [0.1, 0.15) is 5.82 Å². The van der Waals surface area contributed by atoms with E-state index in [1.54, 1.807) is 12.1 Å². The molecule has 0 bridgehead atoms. The summed E-state index contributed by atoms with van der Waals surface area (Å²) in [6.45, 7) is 4.96. The van der Waals surface area contributed by atoms with Crippen LogP contribution in [-0.4, -0.2) is 60.7 Å². The molecule has 25 heavy (non-hydrogen) atoms. The third kappa shape index (κ3) is 7.55. The molecule has 140 valence electrons. The summed E-state index contributed by atoms with van der Waals surface area (Å²) in [5.41, 5.74) is 0.649. The number of rotatable bonds is 6. The highest BCUT2D eigenvalue weighted by atomic mass is 127. The summed E-state index contributed by atoms with van der Waals surface area (Å²) >= 11 is 0. The van der Waals surface area contributed by atoms with Crippen LogP contribution in [0.3, 0.4) is 0 Å². The number of nitrogens with zero attached hydrogens (tertiary/aromatic N) is 2. The largest absolute Gasteiger partial charge is 0.391 e. The van der Waals surface area contributed by atoms with Gasteiger partial charge in [0.15, 0.2) is 5.96 Å². The number of carbonyl (C=O) groups is 1. The fourth-order valence-electron chi connectivity index (χ4n) is 2.61. The number of hydrogen-bond donors (Lipinski definition) is 3. The molecule has 1 aromatic rings. The quantitative estimate of drug-likeness (QED) is 0.256. The van der Waals surface area contributed by atoms with Gasteiger partial charge in [0.05, 0.1) is 19.1 Å². The van der Waals surface area contributed by atoms with Gasteiger partial charge >= 0.3 is 0 Å². The minimum atomic E-state index is -0.340. The Morgan fingerprint density at radius 1 is 1.44 bits per heavy atom. The number of benzene rings is 1. The Hall–Kier alpha value is -1.42. The van der Waals surface area contributed by atoms with Crippen LogP contribution >= 0.6 is 24.0 Å². The van der Waals surface area contributed by atoms with Crippen LogP contribution in [0.2, 0.25) is 0 Å². The molecule has 3 N–H and O–H groups in total. The average Bonchev–Trinajstić information content (AvgIpc) is 2.97. The normalized spacial score (nSPS) is 17.2. The van der Waals surface area contributed by atoms with Crippen LogP contribution in [0, 0.1) is 5.82 Å². The Kier molecular flexibility index (Phi) is 9.73. The van der Waals surface area contributed by atoms with Gasteiger partial charge in [-0.15, -0.1) is 24.0 Å². The number of aliphatic hydroxyl groups excluding tert-OH is 1. The molecule has 0 aliphatic carbocycles. The van der Waals surface area contributed by atoms with Crippen LogP contribution in [0.15, 0.2) is 29.3 Å². The molecule has 8 heteroatoms. The second kappa shape index (κ2) is 11.2. The number of likely N-dealkylation sites (tertiary alicyclic amines) is 1. The van der Waals surface area contributed by atoms with E-state index < -0.39 is 0 Å². The first-order valence-corrected chi connectivity index (χ1v) is 8.31. The van der Waals surface area contributed by atoms with Gasteiger partial charge in [-0.05, 0) is 31.0 Å². The Morgan fingerprint density at radius 2 is 2.24 bits per heavy atom. The first kappa shape index (κ1) is 21.6. The number of guanidine groups is 1. The van der Waals surface area contributed by atoms with Crippen LogP contribution < -0.4 is 10.6 Å². The Balaban J connectivity index is 0.00000312. The lowest BCUT2D eigenvalue weighted by Gasteiger charge is -2.20. The van der Waals surface area contributed by atoms with Crippen molar-refractivity contribution in [3.8, 4) is 0 Å². The lowest BCUT2D eigenvalue weighted by molar-refractivity contribution is -0.120. The number of nitrogens with one attached hydrogen (secondary N) is 2. The molecular weight excluding hydrogens is 438 g/mol. The predicted molar refractivity (Wildman–Crippen MR) is 107 cm³/mol. The van der Waals surface area contributed by atoms with Crippen molar-refractivity contribution < 1.29 is 14.3 Å². The molecule has 1 amide bonds. The highest BCUT2D eigenvalue weighted by Crippen LogP contribution is 2.08. The summed E-state index contributed by atoms with van der Waals surface area (Å²) in [6, 6.07) is 6.03. The molecule has 0 spiro atoms. The molecule has 1 saturated heterocycles. The van der Waals surface area contributed by atoms with E-state index in [-0.39, 0.29) is 48.2 Å². The number of aliphatic hydroxyl groups is 1. The smallest absolute Gasteiger partial charge is 0.224 e. The second-order valence-electron chi connectivity index (χ2n) is 5.78. The molecule has 0 radical (unpaired) electrons. The Bertz CT molecular complexity index is 586. The van der Waals surface area contributed by atoms with E-state index in [0.717, 1.165) is 25.5 Å². The molecule has 0 aromatic heterocycles. The standard InChI is InChI=1S/C17H25FN4O2.HI/c1-2-19-17(22-9-6-15(23)12-22)21-8-7-20-16(24)11-13-4-3-5-14(18)10-13;/h3-5,10,15,23H,2,6-9,11-12H2,1H3,(H,19,21)(H,20,24);1H/t15-;/m1./s1. The van der Waals surface area contributed by atoms with Gasteiger partial charge in [-0.3, -0.25) is 9.79 Å². The first-order chi connectivity index (χ1) is 11.6. The fourth-order valence-corrected chi connectivity index (χ4v) is 2.61. The number of hydrogen-bond acceptors (Lipinski definition) is 3. The minimum absolute atomic E-state index is 0. The minimum Gasteiger partial charge on any atom is -0.391 e. The molecule has 1 atom stereocenters. The lowest BCUT2D eigenvalue weighted by atomic mass is 10.1. The zero-order valence-corrected chi connectivity index (χ0v) is 16.7. The van der Waals surface area contributed by atoms with Crippen molar-refractivity contribution in [3.63, 3.8) is 0 Å². The second-order valence-corrected chi connectivity index (χ2v) is 5.78. The van der Waals surface area contributed by atoms with E-state index in [4.69, 9.17) is 0 Å². The van der Waals surface area contributed by atoms with E-state index in [1.165, 1.54) is 12.1 Å². The maximum atomic E-state index is 13.1. The zero-order valence-electron chi connectivity index (χ0n) is 14.4. The number of β-amino-alcohol motifs (C(OH)–C–C–N with tert-alkyl or cyclic N) is 1. The van der Waals surface area contributed by atoms with Gasteiger partial charge in [0.25, 0.3) is 0 Å². The molecular formula is C17H26FIN4O2. The molecule has 1 fully saturated rings. The monoisotopic (exact) mass is 464 g/mol. The van der Waals surface area contributed by atoms with E-state index in [1.807, 2.05) is 11.8 Å². The zero-order chi connectivity index (χ0) is 17.4. The highest BCUT2D eigenvalue weighted by molar-refractivity contribution is 14.0. The number of halogens is 2. The highest BCUT2D eigenvalue weighted by Gasteiger charge is 2.22. The number of carbonyl (C=O) groups excluding carboxylic acids is 1. The van der Waals surface area contributed by atoms with Gasteiger partial charge in [-0.25, -0.2) is 4.39 Å². The van der Waals surface area contributed by atoms with Crippen LogP contribution in [0.4, 0.5) is 4.39 Å². The maximum absolute atomic E-state index is 13.1. The topological polar surface area (TPSA) is 77.0 Å². The molecule has 1 aliphatic rings. The fraction of sp³-hybridized carbons (Fsp3) is 0.529. The summed E-state index contributed by atoms with van der Waals surface area (Å²) in [5, 5.41) is 15.6. The first-order valence-electron chi connectivity index (χ1n) is 8.31. The summed E-state index contributed by atoms with van der Waals surface area (Å²) in [6.07, 6.45) is 0.592. The van der Waals surface area contributed by atoms with Crippen LogP contribution in [0.1, 0.15) is 18.9 Å². The number of amides is 1. The van der Waals surface area contributed by atoms with Crippen molar-refractivity contribution in [2.75, 3.05) is 32.7 Å². The van der Waals surface area contributed by atoms with Gasteiger partial charge < -0.3 is 20.6 Å². The van der Waals surface area contributed by atoms with Gasteiger partial charge in [-0.2, -0.15) is 0 Å². The molecule has 0 saturated carbocycles. The number of aliphatic imine (C=N–C) groups is 1. The molecule has 6 nitrogen and oxygen atoms in total. The summed E-state index contributed by atoms with van der Waals surface area (Å²) in [5.74, 6) is 0.263. The van der Waals surface area contributed by atoms with Crippen LogP contribution in [-0.2, 0) is 11.2 Å². The van der Waals surface area contributed by atoms with Gasteiger partial charge in [0, 0.05) is 26.2 Å². The van der Waals surface area contributed by atoms with Gasteiger partial charge in [0.2, 0.25) is 5.91 Å². The van der Waals surface area contributed by atoms with Crippen molar-refractivity contribution in [3.05, 3.63) is 35.6 Å². The van der Waals surface area contributed by atoms with Crippen molar-refractivity contribution in [2.45, 2.75) is 25.9 Å². The summed E-state index contributed by atoms with van der Waals surface area (Å²) < 4.78 is 13.1. The van der Waals surface area contributed by atoms with E-state index in [2.05, 4.69) is 15.6 Å². The van der Waals surface area contributed by atoms with Crippen LogP contribution in [0.5, 0.6) is 0 Å². The van der Waals surface area contributed by atoms with Gasteiger partial charge in [-0.1, -0.05) is 12.1 Å². The van der Waals surface area contributed by atoms with E-state index in [9.17, 15) is 14.3 Å². The van der Waals surface area contributed by atoms with E-state index >= 15 is 0 Å². The molecule has 1 aromatic carbocycles. The molecule has 1 aliphatic heterocycles. The Morgan fingerprint density at radius 3 is 2.88 bits per heavy atom. The van der Waals surface area contributed by atoms with Crippen molar-refractivity contribution in [2.24, 2.45) is 4.99 Å². The van der Waals surface area contributed by atoms with Crippen molar-refractivity contribution >= 4 is 35.8 Å².